The fraction of sp³-hybridized carbons (Fsp3) is 0.200. The number of ether oxygens (including phenoxy) is 1. The second-order valence-electron chi connectivity index (χ2n) is 4.20. The molecule has 100 valence electrons. The maximum absolute atomic E-state index is 12.9. The van der Waals surface area contributed by atoms with E-state index in [-0.39, 0.29) is 18.5 Å². The van der Waals surface area contributed by atoms with Gasteiger partial charge in [0.05, 0.1) is 6.61 Å². The molecule has 3 nitrogen and oxygen atoms in total. The minimum atomic E-state index is -0.319. The molecule has 0 aromatic heterocycles. The Bertz CT molecular complexity index is 511. The highest BCUT2D eigenvalue weighted by molar-refractivity contribution is 5.28. The Morgan fingerprint density at radius 1 is 1.05 bits per heavy atom. The van der Waals surface area contributed by atoms with Crippen molar-refractivity contribution in [1.29, 1.82) is 0 Å². The molecule has 4 heteroatoms. The summed E-state index contributed by atoms with van der Waals surface area (Å²) in [5.74, 6) is 0.379. The highest BCUT2D eigenvalue weighted by Gasteiger charge is 2.11. The van der Waals surface area contributed by atoms with Gasteiger partial charge in [0.1, 0.15) is 17.7 Å². The van der Waals surface area contributed by atoms with E-state index in [9.17, 15) is 4.39 Å². The standard InChI is InChI=1S/C15H16FNO2/c16-13-5-3-12(4-6-13)15(9-17)19-14-7-1-11(10-18)2-8-14/h1-8,15,18H,9-10,17H2. The van der Waals surface area contributed by atoms with Gasteiger partial charge in [-0.15, -0.1) is 0 Å². The molecule has 2 aromatic rings. The van der Waals surface area contributed by atoms with Crippen LogP contribution < -0.4 is 10.5 Å². The van der Waals surface area contributed by atoms with Crippen molar-refractivity contribution >= 4 is 0 Å². The molecule has 0 aliphatic carbocycles. The van der Waals surface area contributed by atoms with Gasteiger partial charge in [-0.05, 0) is 35.4 Å². The topological polar surface area (TPSA) is 55.5 Å². The van der Waals surface area contributed by atoms with Crippen LogP contribution in [0.5, 0.6) is 5.75 Å². The van der Waals surface area contributed by atoms with Gasteiger partial charge in [0.25, 0.3) is 0 Å². The van der Waals surface area contributed by atoms with Crippen LogP contribution >= 0.6 is 0 Å². The summed E-state index contributed by atoms with van der Waals surface area (Å²) >= 11 is 0. The van der Waals surface area contributed by atoms with Crippen molar-refractivity contribution in [3.8, 4) is 5.75 Å². The largest absolute Gasteiger partial charge is 0.484 e. The summed E-state index contributed by atoms with van der Waals surface area (Å²) in [7, 11) is 0. The molecule has 0 bridgehead atoms. The van der Waals surface area contributed by atoms with Gasteiger partial charge in [-0.3, -0.25) is 0 Å². The maximum atomic E-state index is 12.9. The minimum Gasteiger partial charge on any atom is -0.484 e. The lowest BCUT2D eigenvalue weighted by atomic mass is 10.1. The molecule has 0 amide bonds. The molecule has 0 saturated carbocycles. The van der Waals surface area contributed by atoms with E-state index < -0.39 is 0 Å². The lowest BCUT2D eigenvalue weighted by Crippen LogP contribution is -2.18. The van der Waals surface area contributed by atoms with Crippen molar-refractivity contribution in [3.05, 3.63) is 65.5 Å². The fourth-order valence-corrected chi connectivity index (χ4v) is 1.77. The van der Waals surface area contributed by atoms with E-state index in [1.54, 1.807) is 36.4 Å². The van der Waals surface area contributed by atoms with Crippen molar-refractivity contribution in [2.24, 2.45) is 5.73 Å². The van der Waals surface area contributed by atoms with Crippen LogP contribution in [0.3, 0.4) is 0 Å². The van der Waals surface area contributed by atoms with Crippen LogP contribution in [0.1, 0.15) is 17.2 Å². The molecular weight excluding hydrogens is 245 g/mol. The number of rotatable bonds is 5. The zero-order valence-corrected chi connectivity index (χ0v) is 10.4. The van der Waals surface area contributed by atoms with E-state index in [2.05, 4.69) is 0 Å². The summed E-state index contributed by atoms with van der Waals surface area (Å²) in [5, 5.41) is 8.96. The van der Waals surface area contributed by atoms with Crippen LogP contribution in [0.4, 0.5) is 4.39 Å². The monoisotopic (exact) mass is 261 g/mol. The molecule has 0 spiro atoms. The number of hydrogen-bond donors (Lipinski definition) is 2. The molecule has 0 saturated heterocycles. The number of benzene rings is 2. The number of aliphatic hydroxyl groups excluding tert-OH is 1. The Labute approximate surface area is 111 Å². The molecule has 3 N–H and O–H groups in total. The first-order valence-corrected chi connectivity index (χ1v) is 6.05. The summed E-state index contributed by atoms with van der Waals surface area (Å²) in [5.41, 5.74) is 7.33. The summed E-state index contributed by atoms with van der Waals surface area (Å²) in [6, 6.07) is 13.2. The summed E-state index contributed by atoms with van der Waals surface area (Å²) < 4.78 is 18.6. The predicted molar refractivity (Wildman–Crippen MR) is 71.2 cm³/mol. The summed E-state index contributed by atoms with van der Waals surface area (Å²) in [6.45, 7) is 0.298. The van der Waals surface area contributed by atoms with E-state index in [0.29, 0.717) is 12.3 Å². The van der Waals surface area contributed by atoms with Crippen molar-refractivity contribution in [3.63, 3.8) is 0 Å². The third kappa shape index (κ3) is 3.53. The second-order valence-corrected chi connectivity index (χ2v) is 4.20. The highest BCUT2D eigenvalue weighted by Crippen LogP contribution is 2.22. The Balaban J connectivity index is 2.11. The van der Waals surface area contributed by atoms with Gasteiger partial charge < -0.3 is 15.6 Å². The molecule has 0 radical (unpaired) electrons. The van der Waals surface area contributed by atoms with Gasteiger partial charge in [-0.1, -0.05) is 24.3 Å². The predicted octanol–water partition coefficient (Wildman–Crippen LogP) is 2.40. The minimum absolute atomic E-state index is 0.00143. The van der Waals surface area contributed by atoms with Crippen molar-refractivity contribution in [2.45, 2.75) is 12.7 Å². The Hall–Kier alpha value is -1.91. The first-order chi connectivity index (χ1) is 9.22. The van der Waals surface area contributed by atoms with Crippen molar-refractivity contribution < 1.29 is 14.2 Å². The lowest BCUT2D eigenvalue weighted by molar-refractivity contribution is 0.214. The zero-order chi connectivity index (χ0) is 13.7. The highest BCUT2D eigenvalue weighted by atomic mass is 19.1. The molecule has 1 unspecified atom stereocenters. The Morgan fingerprint density at radius 2 is 1.68 bits per heavy atom. The smallest absolute Gasteiger partial charge is 0.136 e. The first-order valence-electron chi connectivity index (χ1n) is 6.05. The average molecular weight is 261 g/mol. The van der Waals surface area contributed by atoms with Crippen LogP contribution in [0.2, 0.25) is 0 Å². The lowest BCUT2D eigenvalue weighted by Gasteiger charge is -2.18. The van der Waals surface area contributed by atoms with E-state index in [0.717, 1.165) is 11.1 Å². The molecule has 2 rings (SSSR count). The first kappa shape index (κ1) is 13.5. The quantitative estimate of drug-likeness (QED) is 0.869. The molecule has 0 fully saturated rings. The van der Waals surface area contributed by atoms with Gasteiger partial charge in [0.15, 0.2) is 0 Å². The van der Waals surface area contributed by atoms with Gasteiger partial charge in [-0.2, -0.15) is 0 Å². The van der Waals surface area contributed by atoms with E-state index in [4.69, 9.17) is 15.6 Å². The average Bonchev–Trinajstić information content (AvgIpc) is 2.46. The summed E-state index contributed by atoms with van der Waals surface area (Å²) in [6.07, 6.45) is -0.319. The van der Waals surface area contributed by atoms with E-state index >= 15 is 0 Å². The van der Waals surface area contributed by atoms with Gasteiger partial charge in [0.2, 0.25) is 0 Å². The van der Waals surface area contributed by atoms with Crippen molar-refractivity contribution in [1.82, 2.24) is 0 Å². The maximum Gasteiger partial charge on any atom is 0.136 e. The van der Waals surface area contributed by atoms with Crippen LogP contribution in [0.25, 0.3) is 0 Å². The van der Waals surface area contributed by atoms with E-state index in [1.165, 1.54) is 12.1 Å². The molecular formula is C15H16FNO2. The molecule has 0 heterocycles. The van der Waals surface area contributed by atoms with Gasteiger partial charge >= 0.3 is 0 Å². The number of hydrogen-bond acceptors (Lipinski definition) is 3. The SMILES string of the molecule is NCC(Oc1ccc(CO)cc1)c1ccc(F)cc1. The van der Waals surface area contributed by atoms with E-state index in [1.807, 2.05) is 0 Å². The molecule has 0 aliphatic rings. The second kappa shape index (κ2) is 6.31. The molecule has 0 aliphatic heterocycles. The van der Waals surface area contributed by atoms with Gasteiger partial charge in [0, 0.05) is 6.54 Å². The number of aliphatic hydroxyl groups is 1. The van der Waals surface area contributed by atoms with Crippen LogP contribution in [0.15, 0.2) is 48.5 Å². The van der Waals surface area contributed by atoms with Crippen molar-refractivity contribution in [2.75, 3.05) is 6.54 Å². The van der Waals surface area contributed by atoms with Crippen LogP contribution in [0, 0.1) is 5.82 Å². The fourth-order valence-electron chi connectivity index (χ4n) is 1.77. The molecule has 2 aromatic carbocycles. The van der Waals surface area contributed by atoms with Crippen LogP contribution in [-0.4, -0.2) is 11.7 Å². The normalized spacial score (nSPS) is 12.2. The Kier molecular flexibility index (Phi) is 4.49. The molecule has 19 heavy (non-hydrogen) atoms. The Morgan fingerprint density at radius 3 is 2.21 bits per heavy atom. The third-order valence-corrected chi connectivity index (χ3v) is 2.84. The summed E-state index contributed by atoms with van der Waals surface area (Å²) in [4.78, 5) is 0. The molecule has 1 atom stereocenters. The third-order valence-electron chi connectivity index (χ3n) is 2.84. The zero-order valence-electron chi connectivity index (χ0n) is 10.4. The number of halogens is 1. The number of nitrogens with two attached hydrogens (primary N) is 1. The van der Waals surface area contributed by atoms with Gasteiger partial charge in [-0.25, -0.2) is 4.39 Å². The van der Waals surface area contributed by atoms with Crippen LogP contribution in [-0.2, 0) is 6.61 Å².